The molecule has 0 aromatic rings. The standard InChI is InChI=1S/C14H27NO/c1-13(2)11-6-7-14(13,3)12(10-11)16-9-8-15(4)5/h11-12H,6-10H2,1-5H3/t11-,12-,14+/m0/s1. The number of ether oxygens (including phenoxy) is 1. The quantitative estimate of drug-likeness (QED) is 0.729. The van der Waals surface area contributed by atoms with Gasteiger partial charge in [-0.2, -0.15) is 0 Å². The zero-order valence-electron chi connectivity index (χ0n) is 11.5. The molecule has 94 valence electrons. The SMILES string of the molecule is CN(C)CCO[C@H]1C[C@@H]2CC[C@@]1(C)C2(C)C. The molecule has 0 spiro atoms. The molecule has 0 saturated heterocycles. The van der Waals surface area contributed by atoms with Gasteiger partial charge in [0.1, 0.15) is 0 Å². The van der Waals surface area contributed by atoms with E-state index in [1.165, 1.54) is 19.3 Å². The molecule has 2 aliphatic carbocycles. The third-order valence-corrected chi connectivity index (χ3v) is 5.57. The third kappa shape index (κ3) is 1.70. The Morgan fingerprint density at radius 2 is 1.94 bits per heavy atom. The lowest BCUT2D eigenvalue weighted by Gasteiger charge is -2.39. The highest BCUT2D eigenvalue weighted by Gasteiger charge is 2.61. The van der Waals surface area contributed by atoms with Gasteiger partial charge in [0.25, 0.3) is 0 Å². The predicted molar refractivity (Wildman–Crippen MR) is 67.5 cm³/mol. The fraction of sp³-hybridized carbons (Fsp3) is 1.00. The van der Waals surface area contributed by atoms with E-state index in [-0.39, 0.29) is 0 Å². The molecule has 0 heterocycles. The van der Waals surface area contributed by atoms with Crippen molar-refractivity contribution in [2.75, 3.05) is 27.2 Å². The predicted octanol–water partition coefficient (Wildman–Crippen LogP) is 2.78. The molecule has 0 aliphatic heterocycles. The van der Waals surface area contributed by atoms with Gasteiger partial charge in [-0.25, -0.2) is 0 Å². The van der Waals surface area contributed by atoms with Crippen LogP contribution in [0.25, 0.3) is 0 Å². The van der Waals surface area contributed by atoms with Crippen LogP contribution in [-0.4, -0.2) is 38.3 Å². The molecule has 2 nitrogen and oxygen atoms in total. The Hall–Kier alpha value is -0.0800. The van der Waals surface area contributed by atoms with Crippen molar-refractivity contribution in [2.24, 2.45) is 16.7 Å². The number of hydrogen-bond donors (Lipinski definition) is 0. The van der Waals surface area contributed by atoms with E-state index in [1.54, 1.807) is 0 Å². The second kappa shape index (κ2) is 3.99. The molecule has 2 saturated carbocycles. The highest BCUT2D eigenvalue weighted by atomic mass is 16.5. The first-order valence-corrected chi connectivity index (χ1v) is 6.64. The highest BCUT2D eigenvalue weighted by Crippen LogP contribution is 2.66. The monoisotopic (exact) mass is 225 g/mol. The van der Waals surface area contributed by atoms with Crippen LogP contribution in [0.3, 0.4) is 0 Å². The Labute approximate surface area is 100 Å². The Bertz CT molecular complexity index is 261. The zero-order valence-corrected chi connectivity index (χ0v) is 11.5. The molecular weight excluding hydrogens is 198 g/mol. The molecule has 2 heteroatoms. The number of hydrogen-bond acceptors (Lipinski definition) is 2. The van der Waals surface area contributed by atoms with Crippen molar-refractivity contribution < 1.29 is 4.74 Å². The van der Waals surface area contributed by atoms with Gasteiger partial charge in [0.05, 0.1) is 12.7 Å². The maximum Gasteiger partial charge on any atom is 0.0637 e. The average molecular weight is 225 g/mol. The molecule has 3 atom stereocenters. The topological polar surface area (TPSA) is 12.5 Å². The van der Waals surface area contributed by atoms with E-state index in [2.05, 4.69) is 39.8 Å². The molecule has 2 fully saturated rings. The minimum Gasteiger partial charge on any atom is -0.376 e. The van der Waals surface area contributed by atoms with Gasteiger partial charge in [-0.05, 0) is 50.1 Å². The molecule has 0 amide bonds. The van der Waals surface area contributed by atoms with Crippen molar-refractivity contribution in [1.29, 1.82) is 0 Å². The van der Waals surface area contributed by atoms with Crippen molar-refractivity contribution in [3.05, 3.63) is 0 Å². The summed E-state index contributed by atoms with van der Waals surface area (Å²) in [7, 11) is 4.21. The van der Waals surface area contributed by atoms with Crippen LogP contribution in [0.15, 0.2) is 0 Å². The van der Waals surface area contributed by atoms with Crippen molar-refractivity contribution in [1.82, 2.24) is 4.90 Å². The van der Waals surface area contributed by atoms with E-state index in [4.69, 9.17) is 4.74 Å². The summed E-state index contributed by atoms with van der Waals surface area (Å²) in [5.41, 5.74) is 0.903. The van der Waals surface area contributed by atoms with E-state index in [0.717, 1.165) is 19.1 Å². The second-order valence-electron chi connectivity index (χ2n) is 6.77. The average Bonchev–Trinajstić information content (AvgIpc) is 2.49. The first kappa shape index (κ1) is 12.4. The summed E-state index contributed by atoms with van der Waals surface area (Å²) in [6.45, 7) is 9.26. The van der Waals surface area contributed by atoms with E-state index < -0.39 is 0 Å². The maximum atomic E-state index is 6.14. The summed E-state index contributed by atoms with van der Waals surface area (Å²) < 4.78 is 6.14. The van der Waals surface area contributed by atoms with Crippen LogP contribution in [0.5, 0.6) is 0 Å². The van der Waals surface area contributed by atoms with Crippen LogP contribution in [0.4, 0.5) is 0 Å². The number of nitrogens with zero attached hydrogens (tertiary/aromatic N) is 1. The normalized spacial score (nSPS) is 40.9. The summed E-state index contributed by atoms with van der Waals surface area (Å²) in [5, 5.41) is 0. The van der Waals surface area contributed by atoms with Crippen LogP contribution in [0.2, 0.25) is 0 Å². The van der Waals surface area contributed by atoms with E-state index in [9.17, 15) is 0 Å². The van der Waals surface area contributed by atoms with Crippen molar-refractivity contribution in [3.63, 3.8) is 0 Å². The second-order valence-corrected chi connectivity index (χ2v) is 6.77. The summed E-state index contributed by atoms with van der Waals surface area (Å²) >= 11 is 0. The summed E-state index contributed by atoms with van der Waals surface area (Å²) in [5.74, 6) is 0.891. The molecule has 0 unspecified atom stereocenters. The lowest BCUT2D eigenvalue weighted by Crippen LogP contribution is -2.38. The Kier molecular flexibility index (Phi) is 3.09. The lowest BCUT2D eigenvalue weighted by atomic mass is 9.70. The molecular formula is C14H27NO. The van der Waals surface area contributed by atoms with Gasteiger partial charge in [0, 0.05) is 6.54 Å². The van der Waals surface area contributed by atoms with Gasteiger partial charge < -0.3 is 9.64 Å². The maximum absolute atomic E-state index is 6.14. The molecule has 0 radical (unpaired) electrons. The van der Waals surface area contributed by atoms with Crippen molar-refractivity contribution >= 4 is 0 Å². The first-order chi connectivity index (χ1) is 7.38. The molecule has 0 N–H and O–H groups in total. The van der Waals surface area contributed by atoms with Gasteiger partial charge in [-0.3, -0.25) is 0 Å². The van der Waals surface area contributed by atoms with Gasteiger partial charge in [0.15, 0.2) is 0 Å². The molecule has 2 bridgehead atoms. The number of fused-ring (bicyclic) bond motifs is 2. The third-order valence-electron chi connectivity index (χ3n) is 5.57. The smallest absolute Gasteiger partial charge is 0.0637 e. The molecule has 2 rings (SSSR count). The molecule has 0 aromatic heterocycles. The van der Waals surface area contributed by atoms with Gasteiger partial charge >= 0.3 is 0 Å². The van der Waals surface area contributed by atoms with Gasteiger partial charge in [-0.15, -0.1) is 0 Å². The minimum atomic E-state index is 0.421. The summed E-state index contributed by atoms with van der Waals surface area (Å²) in [6.07, 6.45) is 4.56. The van der Waals surface area contributed by atoms with Crippen LogP contribution >= 0.6 is 0 Å². The van der Waals surface area contributed by atoms with E-state index in [1.807, 2.05) is 0 Å². The summed E-state index contributed by atoms with van der Waals surface area (Å²) in [4.78, 5) is 2.20. The summed E-state index contributed by atoms with van der Waals surface area (Å²) in [6, 6.07) is 0. The number of likely N-dealkylation sites (N-methyl/N-ethyl adjacent to an activating group) is 1. The lowest BCUT2D eigenvalue weighted by molar-refractivity contribution is -0.0495. The van der Waals surface area contributed by atoms with E-state index >= 15 is 0 Å². The zero-order chi connectivity index (χ0) is 12.0. The fourth-order valence-corrected chi connectivity index (χ4v) is 3.76. The van der Waals surface area contributed by atoms with Gasteiger partial charge in [-0.1, -0.05) is 20.8 Å². The van der Waals surface area contributed by atoms with Gasteiger partial charge in [0.2, 0.25) is 0 Å². The molecule has 2 aliphatic rings. The van der Waals surface area contributed by atoms with Crippen molar-refractivity contribution in [2.45, 2.75) is 46.1 Å². The number of rotatable bonds is 4. The Morgan fingerprint density at radius 1 is 1.25 bits per heavy atom. The molecule has 16 heavy (non-hydrogen) atoms. The van der Waals surface area contributed by atoms with E-state index in [0.29, 0.717) is 16.9 Å². The van der Waals surface area contributed by atoms with Crippen LogP contribution in [0.1, 0.15) is 40.0 Å². The Morgan fingerprint density at radius 3 is 2.38 bits per heavy atom. The molecule has 0 aromatic carbocycles. The highest BCUT2D eigenvalue weighted by molar-refractivity contribution is 5.11. The minimum absolute atomic E-state index is 0.421. The van der Waals surface area contributed by atoms with Crippen LogP contribution < -0.4 is 0 Å². The fourth-order valence-electron chi connectivity index (χ4n) is 3.76. The van der Waals surface area contributed by atoms with Crippen LogP contribution in [0, 0.1) is 16.7 Å². The Balaban J connectivity index is 1.94. The van der Waals surface area contributed by atoms with Crippen molar-refractivity contribution in [3.8, 4) is 0 Å². The largest absolute Gasteiger partial charge is 0.376 e. The first-order valence-electron chi connectivity index (χ1n) is 6.64. The van der Waals surface area contributed by atoms with Crippen LogP contribution in [-0.2, 0) is 4.74 Å².